The van der Waals surface area contributed by atoms with E-state index in [4.69, 9.17) is 0 Å². The van der Waals surface area contributed by atoms with E-state index in [1.54, 1.807) is 24.3 Å². The number of carbonyl (C=O) groups excluding carboxylic acids is 1. The number of carbonyl (C=O) groups is 2. The Morgan fingerprint density at radius 1 is 1.00 bits per heavy atom. The van der Waals surface area contributed by atoms with Crippen molar-refractivity contribution in [2.24, 2.45) is 0 Å². The zero-order valence-corrected chi connectivity index (χ0v) is 16.8. The third-order valence-electron chi connectivity index (χ3n) is 4.35. The van der Waals surface area contributed by atoms with E-state index in [1.165, 1.54) is 5.56 Å². The van der Waals surface area contributed by atoms with Gasteiger partial charge in [0.15, 0.2) is 0 Å². The normalized spacial score (nSPS) is 12.4. The van der Waals surface area contributed by atoms with Gasteiger partial charge < -0.3 is 10.4 Å². The number of amides is 1. The highest BCUT2D eigenvalue weighted by atomic mass is 32.2. The zero-order valence-electron chi connectivity index (χ0n) is 16.0. The first-order valence-electron chi connectivity index (χ1n) is 9.10. The molecule has 2 aromatic rings. The number of benzene rings is 2. The van der Waals surface area contributed by atoms with Gasteiger partial charge in [0.05, 0.1) is 5.75 Å². The molecular formula is C21H25NO5S. The molecule has 0 aliphatic rings. The van der Waals surface area contributed by atoms with Crippen LogP contribution < -0.4 is 5.32 Å². The van der Waals surface area contributed by atoms with E-state index in [1.807, 2.05) is 12.1 Å². The number of nitrogens with one attached hydrogen (secondary N) is 1. The summed E-state index contributed by atoms with van der Waals surface area (Å²) in [7, 11) is -3.31. The van der Waals surface area contributed by atoms with E-state index in [-0.39, 0.29) is 12.2 Å². The lowest BCUT2D eigenvalue weighted by Gasteiger charge is -2.14. The first-order chi connectivity index (χ1) is 13.2. The lowest BCUT2D eigenvalue weighted by atomic mass is 10.0. The summed E-state index contributed by atoms with van der Waals surface area (Å²) in [6.45, 7) is 2.13. The van der Waals surface area contributed by atoms with Crippen LogP contribution in [0.1, 0.15) is 35.7 Å². The molecule has 0 spiro atoms. The van der Waals surface area contributed by atoms with Gasteiger partial charge in [0.1, 0.15) is 15.9 Å². The van der Waals surface area contributed by atoms with Crippen LogP contribution in [0.4, 0.5) is 0 Å². The molecular weight excluding hydrogens is 378 g/mol. The SMILES string of the molecule is CCCc1ccc(-c2ccc(C(=O)NC(CCS(C)(=O)=O)C(=O)O)cc2)cc1. The van der Waals surface area contributed by atoms with Gasteiger partial charge in [0.25, 0.3) is 5.91 Å². The fourth-order valence-electron chi connectivity index (χ4n) is 2.80. The molecule has 0 radical (unpaired) electrons. The number of carboxylic acid groups (broad SMARTS) is 1. The van der Waals surface area contributed by atoms with E-state index in [9.17, 15) is 23.1 Å². The summed E-state index contributed by atoms with van der Waals surface area (Å²) in [6, 6.07) is 13.8. The first-order valence-corrected chi connectivity index (χ1v) is 11.2. The quantitative estimate of drug-likeness (QED) is 0.670. The second-order valence-corrected chi connectivity index (χ2v) is 9.07. The predicted octanol–water partition coefficient (Wildman–Crippen LogP) is 2.92. The minimum Gasteiger partial charge on any atom is -0.480 e. The molecule has 6 nitrogen and oxygen atoms in total. The smallest absolute Gasteiger partial charge is 0.326 e. The number of sulfone groups is 1. The van der Waals surface area contributed by atoms with Crippen molar-refractivity contribution in [2.45, 2.75) is 32.2 Å². The Bertz CT molecular complexity index is 918. The van der Waals surface area contributed by atoms with Gasteiger partial charge in [0.2, 0.25) is 0 Å². The standard InChI is InChI=1S/C21H25NO5S/c1-3-4-15-5-7-16(8-6-15)17-9-11-18(12-10-17)20(23)22-19(21(24)25)13-14-28(2,26)27/h5-12,19H,3-4,13-14H2,1-2H3,(H,22,23)(H,24,25). The molecule has 0 fully saturated rings. The summed E-state index contributed by atoms with van der Waals surface area (Å²) >= 11 is 0. The zero-order chi connectivity index (χ0) is 20.7. The molecule has 1 unspecified atom stereocenters. The maximum atomic E-state index is 12.3. The van der Waals surface area contributed by atoms with Gasteiger partial charge in [-0.05, 0) is 41.7 Å². The van der Waals surface area contributed by atoms with Gasteiger partial charge in [-0.2, -0.15) is 0 Å². The van der Waals surface area contributed by atoms with Gasteiger partial charge in [-0.25, -0.2) is 13.2 Å². The Morgan fingerprint density at radius 3 is 2.00 bits per heavy atom. The van der Waals surface area contributed by atoms with Gasteiger partial charge >= 0.3 is 5.97 Å². The van der Waals surface area contributed by atoms with Crippen LogP contribution in [-0.2, 0) is 21.1 Å². The lowest BCUT2D eigenvalue weighted by molar-refractivity contribution is -0.139. The van der Waals surface area contributed by atoms with Crippen molar-refractivity contribution in [2.75, 3.05) is 12.0 Å². The minimum atomic E-state index is -3.31. The molecule has 0 aromatic heterocycles. The topological polar surface area (TPSA) is 101 Å². The Morgan fingerprint density at radius 2 is 1.54 bits per heavy atom. The maximum absolute atomic E-state index is 12.3. The van der Waals surface area contributed by atoms with Crippen molar-refractivity contribution < 1.29 is 23.1 Å². The molecule has 0 bridgehead atoms. The average Bonchev–Trinajstić information content (AvgIpc) is 2.65. The van der Waals surface area contributed by atoms with Gasteiger partial charge in [-0.1, -0.05) is 49.7 Å². The molecule has 2 N–H and O–H groups in total. The second kappa shape index (κ2) is 9.50. The molecule has 0 aliphatic heterocycles. The fourth-order valence-corrected chi connectivity index (χ4v) is 3.46. The van der Waals surface area contributed by atoms with Crippen LogP contribution in [0.15, 0.2) is 48.5 Å². The van der Waals surface area contributed by atoms with E-state index in [0.29, 0.717) is 5.56 Å². The number of aliphatic carboxylic acids is 1. The Balaban J connectivity index is 2.06. The van der Waals surface area contributed by atoms with Crippen LogP contribution in [0, 0.1) is 0 Å². The molecule has 2 rings (SSSR count). The van der Waals surface area contributed by atoms with Crippen molar-refractivity contribution in [3.05, 3.63) is 59.7 Å². The molecule has 1 atom stereocenters. The van der Waals surface area contributed by atoms with Gasteiger partial charge in [-0.15, -0.1) is 0 Å². The minimum absolute atomic E-state index is 0.178. The highest BCUT2D eigenvalue weighted by Crippen LogP contribution is 2.21. The number of hydrogen-bond acceptors (Lipinski definition) is 4. The van der Waals surface area contributed by atoms with Gasteiger partial charge in [-0.3, -0.25) is 4.79 Å². The first kappa shape index (κ1) is 21.6. The van der Waals surface area contributed by atoms with Crippen LogP contribution in [0.5, 0.6) is 0 Å². The van der Waals surface area contributed by atoms with Gasteiger partial charge in [0, 0.05) is 11.8 Å². The summed E-state index contributed by atoms with van der Waals surface area (Å²) in [5.74, 6) is -2.12. The van der Waals surface area contributed by atoms with Crippen LogP contribution in [-0.4, -0.2) is 43.5 Å². The molecule has 0 saturated heterocycles. The van der Waals surface area contributed by atoms with Crippen molar-refractivity contribution in [1.82, 2.24) is 5.32 Å². The van der Waals surface area contributed by atoms with E-state index >= 15 is 0 Å². The summed E-state index contributed by atoms with van der Waals surface area (Å²) in [5, 5.41) is 11.6. The van der Waals surface area contributed by atoms with E-state index in [2.05, 4.69) is 24.4 Å². The molecule has 7 heteroatoms. The van der Waals surface area contributed by atoms with E-state index < -0.39 is 27.8 Å². The second-order valence-electron chi connectivity index (χ2n) is 6.81. The van der Waals surface area contributed by atoms with Crippen molar-refractivity contribution in [3.8, 4) is 11.1 Å². The number of rotatable bonds is 9. The monoisotopic (exact) mass is 403 g/mol. The van der Waals surface area contributed by atoms with Crippen LogP contribution in [0.2, 0.25) is 0 Å². The lowest BCUT2D eigenvalue weighted by Crippen LogP contribution is -2.41. The molecule has 0 saturated carbocycles. The Kier molecular flexibility index (Phi) is 7.34. The number of hydrogen-bond donors (Lipinski definition) is 2. The highest BCUT2D eigenvalue weighted by molar-refractivity contribution is 7.90. The van der Waals surface area contributed by atoms with Crippen molar-refractivity contribution >= 4 is 21.7 Å². The Hall–Kier alpha value is -2.67. The maximum Gasteiger partial charge on any atom is 0.326 e. The van der Waals surface area contributed by atoms with Crippen LogP contribution in [0.25, 0.3) is 11.1 Å². The molecule has 28 heavy (non-hydrogen) atoms. The molecule has 1 amide bonds. The molecule has 0 aliphatic carbocycles. The third-order valence-corrected chi connectivity index (χ3v) is 5.33. The predicted molar refractivity (Wildman–Crippen MR) is 109 cm³/mol. The van der Waals surface area contributed by atoms with Crippen molar-refractivity contribution in [1.29, 1.82) is 0 Å². The summed E-state index contributed by atoms with van der Waals surface area (Å²) in [5.41, 5.74) is 3.57. The fraction of sp³-hybridized carbons (Fsp3) is 0.333. The highest BCUT2D eigenvalue weighted by Gasteiger charge is 2.22. The summed E-state index contributed by atoms with van der Waals surface area (Å²) in [4.78, 5) is 23.6. The largest absolute Gasteiger partial charge is 0.480 e. The molecule has 150 valence electrons. The summed E-state index contributed by atoms with van der Waals surface area (Å²) in [6.07, 6.45) is 2.97. The van der Waals surface area contributed by atoms with Crippen molar-refractivity contribution in [3.63, 3.8) is 0 Å². The average molecular weight is 404 g/mol. The molecule has 2 aromatic carbocycles. The van der Waals surface area contributed by atoms with Crippen LogP contribution in [0.3, 0.4) is 0 Å². The molecule has 0 heterocycles. The van der Waals surface area contributed by atoms with E-state index in [0.717, 1.165) is 30.2 Å². The number of carboxylic acids is 1. The third kappa shape index (κ3) is 6.49. The Labute approximate surface area is 165 Å². The van der Waals surface area contributed by atoms with Crippen LogP contribution >= 0.6 is 0 Å². The summed E-state index contributed by atoms with van der Waals surface area (Å²) < 4.78 is 22.5. The number of aryl methyl sites for hydroxylation is 1.